The molecule has 1 heterocycles. The van der Waals surface area contributed by atoms with Crippen molar-refractivity contribution >= 4 is 11.7 Å². The standard InChI is InChI=1S/C17H22N2O3/c1-11(2)13-7-6-12(3)10-14(13)22-17(4,5)16(20)18-15-8-9-21-19-15/h6-11H,1-5H3,(H,18,19,20). The molecule has 1 amide bonds. The van der Waals surface area contributed by atoms with Crippen LogP contribution in [0.1, 0.15) is 44.7 Å². The Bertz CT molecular complexity index is 646. The van der Waals surface area contributed by atoms with Crippen molar-refractivity contribution in [3.05, 3.63) is 41.7 Å². The molecule has 0 saturated heterocycles. The van der Waals surface area contributed by atoms with Gasteiger partial charge in [0, 0.05) is 6.07 Å². The zero-order valence-corrected chi connectivity index (χ0v) is 13.6. The van der Waals surface area contributed by atoms with Gasteiger partial charge in [0.2, 0.25) is 0 Å². The van der Waals surface area contributed by atoms with Crippen molar-refractivity contribution in [3.8, 4) is 5.75 Å². The minimum Gasteiger partial charge on any atom is -0.478 e. The van der Waals surface area contributed by atoms with Gasteiger partial charge in [-0.3, -0.25) is 4.79 Å². The van der Waals surface area contributed by atoms with E-state index in [1.54, 1.807) is 19.9 Å². The second kappa shape index (κ2) is 6.22. The van der Waals surface area contributed by atoms with Gasteiger partial charge in [0.1, 0.15) is 12.0 Å². The molecule has 0 aliphatic carbocycles. The molecule has 5 nitrogen and oxygen atoms in total. The Labute approximate surface area is 130 Å². The summed E-state index contributed by atoms with van der Waals surface area (Å²) < 4.78 is 10.7. The van der Waals surface area contributed by atoms with Crippen LogP contribution in [0.25, 0.3) is 0 Å². The van der Waals surface area contributed by atoms with Crippen molar-refractivity contribution in [3.63, 3.8) is 0 Å². The fourth-order valence-electron chi connectivity index (χ4n) is 2.07. The molecule has 0 unspecified atom stereocenters. The molecule has 22 heavy (non-hydrogen) atoms. The lowest BCUT2D eigenvalue weighted by Crippen LogP contribution is -2.42. The number of carbonyl (C=O) groups is 1. The second-order valence-corrected chi connectivity index (χ2v) is 6.15. The van der Waals surface area contributed by atoms with Crippen molar-refractivity contribution in [1.29, 1.82) is 0 Å². The first kappa shape index (κ1) is 16.1. The van der Waals surface area contributed by atoms with E-state index in [9.17, 15) is 4.79 Å². The number of amides is 1. The first-order valence-electron chi connectivity index (χ1n) is 7.31. The number of aromatic nitrogens is 1. The number of anilines is 1. The molecule has 0 radical (unpaired) electrons. The Kier molecular flexibility index (Phi) is 4.54. The Hall–Kier alpha value is -2.30. The highest BCUT2D eigenvalue weighted by Crippen LogP contribution is 2.30. The van der Waals surface area contributed by atoms with Crippen LogP contribution in [-0.4, -0.2) is 16.7 Å². The lowest BCUT2D eigenvalue weighted by molar-refractivity contribution is -0.128. The van der Waals surface area contributed by atoms with Crippen LogP contribution in [-0.2, 0) is 4.79 Å². The highest BCUT2D eigenvalue weighted by molar-refractivity contribution is 5.96. The van der Waals surface area contributed by atoms with Gasteiger partial charge >= 0.3 is 0 Å². The molecule has 0 fully saturated rings. The predicted octanol–water partition coefficient (Wildman–Crippen LogP) is 3.90. The van der Waals surface area contributed by atoms with E-state index >= 15 is 0 Å². The third kappa shape index (κ3) is 3.67. The zero-order valence-electron chi connectivity index (χ0n) is 13.6. The number of aryl methyl sites for hydroxylation is 1. The Morgan fingerprint density at radius 1 is 1.32 bits per heavy atom. The molecule has 118 valence electrons. The highest BCUT2D eigenvalue weighted by Gasteiger charge is 2.31. The van der Waals surface area contributed by atoms with Gasteiger partial charge < -0.3 is 14.6 Å². The van der Waals surface area contributed by atoms with E-state index in [0.717, 1.165) is 16.9 Å². The zero-order chi connectivity index (χ0) is 16.3. The molecule has 0 aliphatic rings. The maximum atomic E-state index is 12.4. The summed E-state index contributed by atoms with van der Waals surface area (Å²) in [5.74, 6) is 1.13. The summed E-state index contributed by atoms with van der Waals surface area (Å²) in [6, 6.07) is 7.63. The van der Waals surface area contributed by atoms with E-state index in [1.165, 1.54) is 6.26 Å². The molecule has 0 atom stereocenters. The first-order valence-corrected chi connectivity index (χ1v) is 7.31. The van der Waals surface area contributed by atoms with Crippen molar-refractivity contribution in [2.24, 2.45) is 0 Å². The summed E-state index contributed by atoms with van der Waals surface area (Å²) in [6.07, 6.45) is 1.40. The molecule has 0 bridgehead atoms. The first-order chi connectivity index (χ1) is 10.3. The third-order valence-corrected chi connectivity index (χ3v) is 3.38. The largest absolute Gasteiger partial charge is 0.478 e. The van der Waals surface area contributed by atoms with E-state index in [2.05, 4.69) is 24.3 Å². The lowest BCUT2D eigenvalue weighted by atomic mass is 10.00. The summed E-state index contributed by atoms with van der Waals surface area (Å²) in [6.45, 7) is 9.66. The fourth-order valence-corrected chi connectivity index (χ4v) is 2.07. The van der Waals surface area contributed by atoms with Crippen molar-refractivity contribution in [2.75, 3.05) is 5.32 Å². The Balaban J connectivity index is 2.20. The molecule has 1 aromatic carbocycles. The van der Waals surface area contributed by atoms with Gasteiger partial charge in [0.15, 0.2) is 11.4 Å². The summed E-state index contributed by atoms with van der Waals surface area (Å²) in [5.41, 5.74) is 1.14. The molecular formula is C17H22N2O3. The van der Waals surface area contributed by atoms with Gasteiger partial charge in [0.25, 0.3) is 5.91 Å². The molecule has 2 aromatic rings. The van der Waals surface area contributed by atoms with Crippen LogP contribution in [0.15, 0.2) is 35.1 Å². The van der Waals surface area contributed by atoms with E-state index in [0.29, 0.717) is 11.7 Å². The maximum Gasteiger partial charge on any atom is 0.269 e. The second-order valence-electron chi connectivity index (χ2n) is 6.15. The van der Waals surface area contributed by atoms with Gasteiger partial charge in [-0.1, -0.05) is 31.1 Å². The summed E-state index contributed by atoms with van der Waals surface area (Å²) in [7, 11) is 0. The van der Waals surface area contributed by atoms with Gasteiger partial charge in [-0.2, -0.15) is 0 Å². The normalized spacial score (nSPS) is 11.5. The molecule has 2 rings (SSSR count). The average molecular weight is 302 g/mol. The number of nitrogens with one attached hydrogen (secondary N) is 1. The monoisotopic (exact) mass is 302 g/mol. The van der Waals surface area contributed by atoms with Gasteiger partial charge in [0.05, 0.1) is 0 Å². The number of carbonyl (C=O) groups excluding carboxylic acids is 1. The number of hydrogen-bond acceptors (Lipinski definition) is 4. The quantitative estimate of drug-likeness (QED) is 0.909. The van der Waals surface area contributed by atoms with Gasteiger partial charge in [-0.25, -0.2) is 0 Å². The van der Waals surface area contributed by atoms with E-state index < -0.39 is 5.60 Å². The lowest BCUT2D eigenvalue weighted by Gasteiger charge is -2.27. The number of hydrogen-bond donors (Lipinski definition) is 1. The van der Waals surface area contributed by atoms with Crippen molar-refractivity contribution in [2.45, 2.75) is 46.1 Å². The topological polar surface area (TPSA) is 64.4 Å². The minimum absolute atomic E-state index is 0.280. The number of nitrogens with zero attached hydrogens (tertiary/aromatic N) is 1. The molecule has 0 saturated carbocycles. The van der Waals surface area contributed by atoms with Crippen LogP contribution in [0.4, 0.5) is 5.82 Å². The van der Waals surface area contributed by atoms with Crippen LogP contribution in [0.5, 0.6) is 5.75 Å². The fraction of sp³-hybridized carbons (Fsp3) is 0.412. The SMILES string of the molecule is Cc1ccc(C(C)C)c(OC(C)(C)C(=O)Nc2ccon2)c1. The summed E-state index contributed by atoms with van der Waals surface area (Å²) in [4.78, 5) is 12.4. The smallest absolute Gasteiger partial charge is 0.269 e. The van der Waals surface area contributed by atoms with Gasteiger partial charge in [-0.05, 0) is 43.9 Å². The van der Waals surface area contributed by atoms with E-state index in [-0.39, 0.29) is 5.91 Å². The van der Waals surface area contributed by atoms with Crippen LogP contribution in [0.3, 0.4) is 0 Å². The van der Waals surface area contributed by atoms with Gasteiger partial charge in [-0.15, -0.1) is 0 Å². The number of ether oxygens (including phenoxy) is 1. The van der Waals surface area contributed by atoms with E-state index in [1.807, 2.05) is 25.1 Å². The predicted molar refractivity (Wildman–Crippen MR) is 85.1 cm³/mol. The van der Waals surface area contributed by atoms with Crippen LogP contribution >= 0.6 is 0 Å². The molecule has 1 aromatic heterocycles. The number of rotatable bonds is 5. The Morgan fingerprint density at radius 2 is 2.05 bits per heavy atom. The summed E-state index contributed by atoms with van der Waals surface area (Å²) in [5, 5.41) is 6.35. The summed E-state index contributed by atoms with van der Waals surface area (Å²) >= 11 is 0. The maximum absolute atomic E-state index is 12.4. The van der Waals surface area contributed by atoms with Crippen LogP contribution in [0.2, 0.25) is 0 Å². The highest BCUT2D eigenvalue weighted by atomic mass is 16.5. The molecular weight excluding hydrogens is 280 g/mol. The Morgan fingerprint density at radius 3 is 2.64 bits per heavy atom. The van der Waals surface area contributed by atoms with Crippen LogP contribution in [0, 0.1) is 6.92 Å². The minimum atomic E-state index is -1.03. The number of benzene rings is 1. The third-order valence-electron chi connectivity index (χ3n) is 3.38. The molecule has 1 N–H and O–H groups in total. The molecule has 0 aliphatic heterocycles. The van der Waals surface area contributed by atoms with Crippen molar-refractivity contribution < 1.29 is 14.1 Å². The average Bonchev–Trinajstić information content (AvgIpc) is 2.90. The molecule has 5 heteroatoms. The molecule has 0 spiro atoms. The van der Waals surface area contributed by atoms with Crippen LogP contribution < -0.4 is 10.1 Å². The van der Waals surface area contributed by atoms with E-state index in [4.69, 9.17) is 9.26 Å². The van der Waals surface area contributed by atoms with Crippen molar-refractivity contribution in [1.82, 2.24) is 5.16 Å².